The average molecular weight is 266 g/mol. The minimum Gasteiger partial charge on any atom is -0.480 e. The van der Waals surface area contributed by atoms with E-state index in [2.05, 4.69) is 18.2 Å². The number of carboxylic acids is 1. The number of urea groups is 1. The molecular formula is C14H22N2O3. The highest BCUT2D eigenvalue weighted by Crippen LogP contribution is 2.23. The summed E-state index contributed by atoms with van der Waals surface area (Å²) < 4.78 is 0. The Bertz CT molecular complexity index is 362. The first-order valence-electron chi connectivity index (χ1n) is 6.75. The maximum absolute atomic E-state index is 12.1. The summed E-state index contributed by atoms with van der Waals surface area (Å²) in [6.45, 7) is 1.77. The van der Waals surface area contributed by atoms with Crippen molar-refractivity contribution in [3.63, 3.8) is 0 Å². The Labute approximate surface area is 114 Å². The SMILES string of the molecule is C#CCN(CC(=O)O)C(=O)NC1CCCCCC1C. The highest BCUT2D eigenvalue weighted by molar-refractivity contribution is 5.80. The van der Waals surface area contributed by atoms with Crippen molar-refractivity contribution in [2.45, 2.75) is 45.1 Å². The van der Waals surface area contributed by atoms with E-state index >= 15 is 0 Å². The van der Waals surface area contributed by atoms with Crippen molar-refractivity contribution < 1.29 is 14.7 Å². The minimum atomic E-state index is -1.06. The monoisotopic (exact) mass is 266 g/mol. The molecule has 1 fully saturated rings. The topological polar surface area (TPSA) is 69.6 Å². The number of carbonyl (C=O) groups is 2. The molecule has 2 atom stereocenters. The zero-order valence-corrected chi connectivity index (χ0v) is 11.4. The molecule has 1 aliphatic rings. The van der Waals surface area contributed by atoms with Crippen molar-refractivity contribution in [2.75, 3.05) is 13.1 Å². The quantitative estimate of drug-likeness (QED) is 0.601. The van der Waals surface area contributed by atoms with Crippen molar-refractivity contribution in [1.82, 2.24) is 10.2 Å². The molecule has 1 rings (SSSR count). The van der Waals surface area contributed by atoms with Gasteiger partial charge in [-0.2, -0.15) is 0 Å². The molecule has 0 spiro atoms. The van der Waals surface area contributed by atoms with Gasteiger partial charge in [0.15, 0.2) is 0 Å². The molecule has 5 nitrogen and oxygen atoms in total. The van der Waals surface area contributed by atoms with Crippen LogP contribution in [0.1, 0.15) is 39.0 Å². The van der Waals surface area contributed by atoms with Crippen LogP contribution in [0.2, 0.25) is 0 Å². The van der Waals surface area contributed by atoms with E-state index in [1.165, 1.54) is 12.8 Å². The number of rotatable bonds is 4. The highest BCUT2D eigenvalue weighted by atomic mass is 16.4. The number of carbonyl (C=O) groups excluding carboxylic acids is 1. The van der Waals surface area contributed by atoms with Gasteiger partial charge in [-0.05, 0) is 18.8 Å². The van der Waals surface area contributed by atoms with Crippen LogP contribution in [0.4, 0.5) is 4.79 Å². The molecule has 0 radical (unpaired) electrons. The van der Waals surface area contributed by atoms with Crippen molar-refractivity contribution >= 4 is 12.0 Å². The maximum Gasteiger partial charge on any atom is 0.323 e. The molecule has 0 aliphatic heterocycles. The second kappa shape index (κ2) is 7.67. The van der Waals surface area contributed by atoms with Gasteiger partial charge in [-0.3, -0.25) is 4.79 Å². The number of amides is 2. The Balaban J connectivity index is 2.58. The molecule has 0 saturated heterocycles. The summed E-state index contributed by atoms with van der Waals surface area (Å²) in [4.78, 5) is 23.9. The number of aliphatic carboxylic acids is 1. The summed E-state index contributed by atoms with van der Waals surface area (Å²) in [6, 6.07) is -0.261. The fourth-order valence-corrected chi connectivity index (χ4v) is 2.43. The van der Waals surface area contributed by atoms with Crippen LogP contribution in [0, 0.1) is 18.3 Å². The fraction of sp³-hybridized carbons (Fsp3) is 0.714. The lowest BCUT2D eigenvalue weighted by Gasteiger charge is -2.26. The van der Waals surface area contributed by atoms with E-state index in [4.69, 9.17) is 11.5 Å². The van der Waals surface area contributed by atoms with Crippen LogP contribution in [0.3, 0.4) is 0 Å². The molecule has 5 heteroatoms. The third kappa shape index (κ3) is 5.21. The molecule has 1 saturated carbocycles. The summed E-state index contributed by atoms with van der Waals surface area (Å²) in [6.07, 6.45) is 10.7. The van der Waals surface area contributed by atoms with Crippen LogP contribution >= 0.6 is 0 Å². The van der Waals surface area contributed by atoms with E-state index in [0.29, 0.717) is 5.92 Å². The molecule has 1 aliphatic carbocycles. The van der Waals surface area contributed by atoms with Gasteiger partial charge < -0.3 is 15.3 Å². The van der Waals surface area contributed by atoms with Gasteiger partial charge >= 0.3 is 12.0 Å². The van der Waals surface area contributed by atoms with Crippen molar-refractivity contribution in [3.8, 4) is 12.3 Å². The Morgan fingerprint density at radius 3 is 2.68 bits per heavy atom. The third-order valence-corrected chi connectivity index (χ3v) is 3.57. The van der Waals surface area contributed by atoms with Crippen molar-refractivity contribution in [3.05, 3.63) is 0 Å². The molecule has 0 aromatic carbocycles. The van der Waals surface area contributed by atoms with E-state index in [0.717, 1.165) is 24.2 Å². The minimum absolute atomic E-state index is 0.0131. The van der Waals surface area contributed by atoms with E-state index in [9.17, 15) is 9.59 Å². The Kier molecular flexibility index (Phi) is 6.20. The summed E-state index contributed by atoms with van der Waals surface area (Å²) in [5.74, 6) is 1.68. The summed E-state index contributed by atoms with van der Waals surface area (Å²) >= 11 is 0. The molecule has 0 aromatic heterocycles. The molecule has 2 amide bonds. The molecule has 0 heterocycles. The molecular weight excluding hydrogens is 244 g/mol. The molecule has 2 unspecified atom stereocenters. The van der Waals surface area contributed by atoms with Crippen LogP contribution < -0.4 is 5.32 Å². The predicted octanol–water partition coefficient (Wildman–Crippen LogP) is 1.68. The zero-order valence-electron chi connectivity index (χ0n) is 11.4. The number of hydrogen-bond acceptors (Lipinski definition) is 2. The Morgan fingerprint density at radius 2 is 2.05 bits per heavy atom. The van der Waals surface area contributed by atoms with E-state index < -0.39 is 5.97 Å². The normalized spacial score (nSPS) is 22.9. The standard InChI is InChI=1S/C14H22N2O3/c1-3-9-16(10-13(17)18)14(19)15-12-8-6-4-5-7-11(12)2/h1,11-12H,4-10H2,2H3,(H,15,19)(H,17,18). The van der Waals surface area contributed by atoms with Gasteiger partial charge in [-0.25, -0.2) is 4.79 Å². The summed E-state index contributed by atoms with van der Waals surface area (Å²) in [5.41, 5.74) is 0. The predicted molar refractivity (Wildman–Crippen MR) is 72.6 cm³/mol. The first-order chi connectivity index (χ1) is 9.04. The molecule has 19 heavy (non-hydrogen) atoms. The molecule has 0 bridgehead atoms. The van der Waals surface area contributed by atoms with E-state index in [1.54, 1.807) is 0 Å². The Hall–Kier alpha value is -1.70. The van der Waals surface area contributed by atoms with Gasteiger partial charge in [0.25, 0.3) is 0 Å². The van der Waals surface area contributed by atoms with Crippen LogP contribution in [0.25, 0.3) is 0 Å². The largest absolute Gasteiger partial charge is 0.480 e. The maximum atomic E-state index is 12.1. The first kappa shape index (κ1) is 15.4. The zero-order chi connectivity index (χ0) is 14.3. The van der Waals surface area contributed by atoms with Gasteiger partial charge in [-0.1, -0.05) is 32.1 Å². The molecule has 106 valence electrons. The van der Waals surface area contributed by atoms with Crippen molar-refractivity contribution in [1.29, 1.82) is 0 Å². The summed E-state index contributed by atoms with van der Waals surface area (Å²) in [7, 11) is 0. The lowest BCUT2D eigenvalue weighted by Crippen LogP contribution is -2.48. The van der Waals surface area contributed by atoms with Gasteiger partial charge in [0.2, 0.25) is 0 Å². The van der Waals surface area contributed by atoms with Gasteiger partial charge in [0.1, 0.15) is 6.54 Å². The number of nitrogens with one attached hydrogen (secondary N) is 1. The third-order valence-electron chi connectivity index (χ3n) is 3.57. The Morgan fingerprint density at radius 1 is 1.37 bits per heavy atom. The van der Waals surface area contributed by atoms with Crippen LogP contribution in [-0.2, 0) is 4.79 Å². The van der Waals surface area contributed by atoms with Gasteiger partial charge in [0, 0.05) is 6.04 Å². The first-order valence-corrected chi connectivity index (χ1v) is 6.75. The second-order valence-electron chi connectivity index (χ2n) is 5.13. The van der Waals surface area contributed by atoms with Gasteiger partial charge in [-0.15, -0.1) is 6.42 Å². The smallest absolute Gasteiger partial charge is 0.323 e. The van der Waals surface area contributed by atoms with Crippen LogP contribution in [0.5, 0.6) is 0 Å². The highest BCUT2D eigenvalue weighted by Gasteiger charge is 2.24. The summed E-state index contributed by atoms with van der Waals surface area (Å²) in [5, 5.41) is 11.7. The number of terminal acetylenes is 1. The lowest BCUT2D eigenvalue weighted by atomic mass is 9.97. The van der Waals surface area contributed by atoms with E-state index in [-0.39, 0.29) is 25.2 Å². The number of carboxylic acid groups (broad SMARTS) is 1. The number of hydrogen-bond donors (Lipinski definition) is 2. The van der Waals surface area contributed by atoms with Crippen LogP contribution in [-0.4, -0.2) is 41.1 Å². The number of nitrogens with zero attached hydrogens (tertiary/aromatic N) is 1. The average Bonchev–Trinajstić information content (AvgIpc) is 2.54. The lowest BCUT2D eigenvalue weighted by molar-refractivity contribution is -0.137. The van der Waals surface area contributed by atoms with Crippen molar-refractivity contribution in [2.24, 2.45) is 5.92 Å². The second-order valence-corrected chi connectivity index (χ2v) is 5.13. The van der Waals surface area contributed by atoms with Crippen LogP contribution in [0.15, 0.2) is 0 Å². The molecule has 2 N–H and O–H groups in total. The van der Waals surface area contributed by atoms with E-state index in [1.807, 2.05) is 0 Å². The molecule has 0 aromatic rings. The fourth-order valence-electron chi connectivity index (χ4n) is 2.43. The van der Waals surface area contributed by atoms with Gasteiger partial charge in [0.05, 0.1) is 6.54 Å².